The molecule has 0 spiro atoms. The van der Waals surface area contributed by atoms with E-state index in [0.717, 1.165) is 12.2 Å². The summed E-state index contributed by atoms with van der Waals surface area (Å²) in [5.74, 6) is 0. The molecule has 1 aromatic carbocycles. The number of hydrogen-bond donors (Lipinski definition) is 1. The normalized spacial score (nSPS) is 19.3. The fourth-order valence-corrected chi connectivity index (χ4v) is 3.50. The monoisotopic (exact) mass is 258 g/mol. The summed E-state index contributed by atoms with van der Waals surface area (Å²) in [5.41, 5.74) is 5.01. The molecule has 1 fully saturated rings. The van der Waals surface area contributed by atoms with E-state index in [1.54, 1.807) is 11.3 Å². The summed E-state index contributed by atoms with van der Waals surface area (Å²) < 4.78 is 0. The van der Waals surface area contributed by atoms with Crippen LogP contribution in [0.5, 0.6) is 0 Å². The zero-order valence-corrected chi connectivity index (χ0v) is 11.7. The largest absolute Gasteiger partial charge is 0.308 e. The van der Waals surface area contributed by atoms with Crippen molar-refractivity contribution < 1.29 is 0 Å². The lowest BCUT2D eigenvalue weighted by atomic mass is 10.0. The first-order valence-corrected chi connectivity index (χ1v) is 7.38. The number of thiazole rings is 1. The molecule has 3 heteroatoms. The van der Waals surface area contributed by atoms with Gasteiger partial charge in [0.05, 0.1) is 11.7 Å². The highest BCUT2D eigenvalue weighted by Crippen LogP contribution is 2.31. The summed E-state index contributed by atoms with van der Waals surface area (Å²) in [5, 5.41) is 6.94. The maximum atomic E-state index is 4.81. The van der Waals surface area contributed by atoms with Crippen molar-refractivity contribution >= 4 is 11.3 Å². The Morgan fingerprint density at radius 1 is 1.33 bits per heavy atom. The van der Waals surface area contributed by atoms with Gasteiger partial charge in [-0.1, -0.05) is 23.8 Å². The standard InChI is InChI=1S/C15H18N2S/c1-10-5-6-12(11(2)8-10)14-9-18-15(17-14)13-4-3-7-16-13/h5-6,8-9,13,16H,3-4,7H2,1-2H3. The van der Waals surface area contributed by atoms with Crippen LogP contribution in [0.25, 0.3) is 11.3 Å². The summed E-state index contributed by atoms with van der Waals surface area (Å²) in [7, 11) is 0. The maximum absolute atomic E-state index is 4.81. The van der Waals surface area contributed by atoms with E-state index in [1.807, 2.05) is 0 Å². The molecule has 1 saturated heterocycles. The van der Waals surface area contributed by atoms with Gasteiger partial charge in [0.1, 0.15) is 5.01 Å². The van der Waals surface area contributed by atoms with E-state index in [0.29, 0.717) is 6.04 Å². The smallest absolute Gasteiger partial charge is 0.110 e. The van der Waals surface area contributed by atoms with E-state index in [-0.39, 0.29) is 0 Å². The SMILES string of the molecule is Cc1ccc(-c2csc(C3CCCN3)n2)c(C)c1. The van der Waals surface area contributed by atoms with Gasteiger partial charge < -0.3 is 5.32 Å². The van der Waals surface area contributed by atoms with Gasteiger partial charge in [0.2, 0.25) is 0 Å². The second kappa shape index (κ2) is 4.82. The molecule has 2 nitrogen and oxygen atoms in total. The van der Waals surface area contributed by atoms with E-state index in [1.165, 1.54) is 34.5 Å². The van der Waals surface area contributed by atoms with E-state index >= 15 is 0 Å². The molecule has 1 unspecified atom stereocenters. The number of rotatable bonds is 2. The summed E-state index contributed by atoms with van der Waals surface area (Å²) in [6, 6.07) is 7.05. The van der Waals surface area contributed by atoms with Gasteiger partial charge in [0, 0.05) is 10.9 Å². The third-order valence-electron chi connectivity index (χ3n) is 3.54. The average Bonchev–Trinajstić information content (AvgIpc) is 2.99. The Morgan fingerprint density at radius 3 is 2.94 bits per heavy atom. The Bertz CT molecular complexity index is 553. The molecule has 1 aromatic heterocycles. The molecule has 1 aliphatic rings. The Morgan fingerprint density at radius 2 is 2.22 bits per heavy atom. The first-order valence-electron chi connectivity index (χ1n) is 6.50. The molecule has 0 bridgehead atoms. The highest BCUT2D eigenvalue weighted by atomic mass is 32.1. The van der Waals surface area contributed by atoms with Crippen molar-refractivity contribution in [3.8, 4) is 11.3 Å². The van der Waals surface area contributed by atoms with Gasteiger partial charge in [-0.2, -0.15) is 0 Å². The second-order valence-electron chi connectivity index (χ2n) is 5.04. The molecule has 0 amide bonds. The van der Waals surface area contributed by atoms with Crippen molar-refractivity contribution in [2.75, 3.05) is 6.54 Å². The predicted octanol–water partition coefficient (Wildman–Crippen LogP) is 3.85. The number of aromatic nitrogens is 1. The van der Waals surface area contributed by atoms with E-state index < -0.39 is 0 Å². The van der Waals surface area contributed by atoms with Crippen molar-refractivity contribution in [1.82, 2.24) is 10.3 Å². The molecule has 1 atom stereocenters. The van der Waals surface area contributed by atoms with Gasteiger partial charge in [-0.05, 0) is 38.8 Å². The molecule has 0 radical (unpaired) electrons. The quantitative estimate of drug-likeness (QED) is 0.885. The third-order valence-corrected chi connectivity index (χ3v) is 4.50. The van der Waals surface area contributed by atoms with Crippen LogP contribution in [0, 0.1) is 13.8 Å². The number of nitrogens with zero attached hydrogens (tertiary/aromatic N) is 1. The molecule has 1 aliphatic heterocycles. The van der Waals surface area contributed by atoms with Gasteiger partial charge in [0.25, 0.3) is 0 Å². The van der Waals surface area contributed by atoms with Gasteiger partial charge >= 0.3 is 0 Å². The van der Waals surface area contributed by atoms with Crippen LogP contribution in [0.4, 0.5) is 0 Å². The molecule has 2 heterocycles. The Kier molecular flexibility index (Phi) is 3.18. The van der Waals surface area contributed by atoms with Crippen molar-refractivity contribution in [1.29, 1.82) is 0 Å². The van der Waals surface area contributed by atoms with Gasteiger partial charge in [-0.15, -0.1) is 11.3 Å². The minimum absolute atomic E-state index is 0.481. The molecular weight excluding hydrogens is 240 g/mol. The summed E-state index contributed by atoms with van der Waals surface area (Å²) in [4.78, 5) is 4.81. The van der Waals surface area contributed by atoms with Crippen LogP contribution in [0.3, 0.4) is 0 Å². The minimum Gasteiger partial charge on any atom is -0.308 e. The molecule has 2 aromatic rings. The predicted molar refractivity (Wildman–Crippen MR) is 77.0 cm³/mol. The lowest BCUT2D eigenvalue weighted by molar-refractivity contribution is 0.643. The molecule has 1 N–H and O–H groups in total. The fourth-order valence-electron chi connectivity index (χ4n) is 2.57. The van der Waals surface area contributed by atoms with Gasteiger partial charge in [-0.3, -0.25) is 0 Å². The number of hydrogen-bond acceptors (Lipinski definition) is 3. The second-order valence-corrected chi connectivity index (χ2v) is 5.93. The van der Waals surface area contributed by atoms with E-state index in [4.69, 9.17) is 4.98 Å². The highest BCUT2D eigenvalue weighted by molar-refractivity contribution is 7.10. The van der Waals surface area contributed by atoms with Crippen molar-refractivity contribution in [3.05, 3.63) is 39.7 Å². The molecule has 3 rings (SSSR count). The molecule has 94 valence electrons. The summed E-state index contributed by atoms with van der Waals surface area (Å²) >= 11 is 1.78. The Hall–Kier alpha value is -1.19. The fraction of sp³-hybridized carbons (Fsp3) is 0.400. The number of aryl methyl sites for hydroxylation is 2. The topological polar surface area (TPSA) is 24.9 Å². The minimum atomic E-state index is 0.481. The first kappa shape index (κ1) is 11.9. The van der Waals surface area contributed by atoms with Crippen LogP contribution in [0.1, 0.15) is 35.0 Å². The molecule has 0 saturated carbocycles. The van der Waals surface area contributed by atoms with E-state index in [2.05, 4.69) is 42.7 Å². The van der Waals surface area contributed by atoms with Crippen LogP contribution in [-0.4, -0.2) is 11.5 Å². The van der Waals surface area contributed by atoms with Crippen LogP contribution < -0.4 is 5.32 Å². The summed E-state index contributed by atoms with van der Waals surface area (Å²) in [6.07, 6.45) is 2.49. The van der Waals surface area contributed by atoms with Crippen LogP contribution in [0.2, 0.25) is 0 Å². The lowest BCUT2D eigenvalue weighted by Gasteiger charge is -2.06. The Labute approximate surface area is 112 Å². The molecular formula is C15H18N2S. The zero-order chi connectivity index (χ0) is 12.5. The van der Waals surface area contributed by atoms with Crippen molar-refractivity contribution in [2.45, 2.75) is 32.7 Å². The zero-order valence-electron chi connectivity index (χ0n) is 10.9. The van der Waals surface area contributed by atoms with Crippen molar-refractivity contribution in [3.63, 3.8) is 0 Å². The van der Waals surface area contributed by atoms with Crippen molar-refractivity contribution in [2.24, 2.45) is 0 Å². The number of nitrogens with one attached hydrogen (secondary N) is 1. The van der Waals surface area contributed by atoms with Crippen LogP contribution >= 0.6 is 11.3 Å². The highest BCUT2D eigenvalue weighted by Gasteiger charge is 2.19. The lowest BCUT2D eigenvalue weighted by Crippen LogP contribution is -2.12. The summed E-state index contributed by atoms with van der Waals surface area (Å²) in [6.45, 7) is 5.42. The van der Waals surface area contributed by atoms with Gasteiger partial charge in [-0.25, -0.2) is 4.98 Å². The average molecular weight is 258 g/mol. The van der Waals surface area contributed by atoms with Gasteiger partial charge in [0.15, 0.2) is 0 Å². The molecule has 0 aliphatic carbocycles. The maximum Gasteiger partial charge on any atom is 0.110 e. The Balaban J connectivity index is 1.92. The molecule has 18 heavy (non-hydrogen) atoms. The van der Waals surface area contributed by atoms with E-state index in [9.17, 15) is 0 Å². The van der Waals surface area contributed by atoms with Crippen LogP contribution in [0.15, 0.2) is 23.6 Å². The third kappa shape index (κ3) is 2.20. The van der Waals surface area contributed by atoms with Crippen LogP contribution in [-0.2, 0) is 0 Å². The number of benzene rings is 1. The first-order chi connectivity index (χ1) is 8.74.